The van der Waals surface area contributed by atoms with Gasteiger partial charge in [0.05, 0.1) is 24.8 Å². The summed E-state index contributed by atoms with van der Waals surface area (Å²) in [6.45, 7) is 4.08. The van der Waals surface area contributed by atoms with Crippen molar-refractivity contribution in [2.45, 2.75) is 52.0 Å². The summed E-state index contributed by atoms with van der Waals surface area (Å²) in [6.07, 6.45) is 3.55. The number of amides is 3. The van der Waals surface area contributed by atoms with Crippen LogP contribution in [-0.4, -0.2) is 37.3 Å². The standard InChI is InChI=1S/C21H29N3O5/c1-3-28-19(25)18-15(2)22-20(26)24-17(18)13-9-4-5-10-14-29-21(27)23-16-11-7-6-8-12-16/h6-8,11-12,17H,3-5,9-10,13-14H2,1-2H3,(H,23,27)(H2,22,24,26). The van der Waals surface area contributed by atoms with E-state index >= 15 is 0 Å². The van der Waals surface area contributed by atoms with Crippen molar-refractivity contribution >= 4 is 23.8 Å². The van der Waals surface area contributed by atoms with Crippen LogP contribution < -0.4 is 16.0 Å². The zero-order valence-electron chi connectivity index (χ0n) is 17.0. The Kier molecular flexibility index (Phi) is 9.01. The van der Waals surface area contributed by atoms with Crippen molar-refractivity contribution in [2.24, 2.45) is 0 Å². The molecule has 0 aromatic heterocycles. The average molecular weight is 403 g/mol. The number of anilines is 1. The van der Waals surface area contributed by atoms with Crippen molar-refractivity contribution in [2.75, 3.05) is 18.5 Å². The minimum absolute atomic E-state index is 0.286. The lowest BCUT2D eigenvalue weighted by molar-refractivity contribution is -0.139. The fraction of sp³-hybridized carbons (Fsp3) is 0.476. The Bertz CT molecular complexity index is 733. The summed E-state index contributed by atoms with van der Waals surface area (Å²) in [7, 11) is 0. The molecule has 0 spiro atoms. The summed E-state index contributed by atoms with van der Waals surface area (Å²) in [4.78, 5) is 35.6. The number of para-hydroxylation sites is 1. The summed E-state index contributed by atoms with van der Waals surface area (Å²) < 4.78 is 10.3. The summed E-state index contributed by atoms with van der Waals surface area (Å²) >= 11 is 0. The van der Waals surface area contributed by atoms with E-state index < -0.39 is 12.1 Å². The summed E-state index contributed by atoms with van der Waals surface area (Å²) in [5.74, 6) is -0.402. The molecule has 1 aliphatic heterocycles. The molecule has 0 saturated heterocycles. The van der Waals surface area contributed by atoms with Crippen molar-refractivity contribution in [3.8, 4) is 0 Å². The molecule has 1 atom stereocenters. The van der Waals surface area contributed by atoms with Gasteiger partial charge in [0.1, 0.15) is 0 Å². The van der Waals surface area contributed by atoms with Crippen LogP contribution in [0.4, 0.5) is 15.3 Å². The molecule has 29 heavy (non-hydrogen) atoms. The fourth-order valence-electron chi connectivity index (χ4n) is 3.13. The quantitative estimate of drug-likeness (QED) is 0.408. The maximum Gasteiger partial charge on any atom is 0.411 e. The van der Waals surface area contributed by atoms with Crippen LogP contribution in [0.15, 0.2) is 41.6 Å². The Labute approximate surface area is 171 Å². The topological polar surface area (TPSA) is 106 Å². The number of urea groups is 1. The highest BCUT2D eigenvalue weighted by atomic mass is 16.5. The minimum Gasteiger partial charge on any atom is -0.463 e. The molecule has 3 amide bonds. The zero-order chi connectivity index (χ0) is 21.1. The third-order valence-corrected chi connectivity index (χ3v) is 4.49. The normalized spacial score (nSPS) is 15.9. The number of benzene rings is 1. The van der Waals surface area contributed by atoms with Crippen LogP contribution >= 0.6 is 0 Å². The number of unbranched alkanes of at least 4 members (excludes halogenated alkanes) is 3. The van der Waals surface area contributed by atoms with Gasteiger partial charge in [0.2, 0.25) is 0 Å². The number of hydrogen-bond donors (Lipinski definition) is 3. The number of hydrogen-bond acceptors (Lipinski definition) is 5. The predicted octanol–water partition coefficient (Wildman–Crippen LogP) is 3.70. The van der Waals surface area contributed by atoms with Gasteiger partial charge < -0.3 is 20.1 Å². The highest BCUT2D eigenvalue weighted by molar-refractivity contribution is 5.94. The monoisotopic (exact) mass is 403 g/mol. The molecule has 1 heterocycles. The highest BCUT2D eigenvalue weighted by Crippen LogP contribution is 2.19. The highest BCUT2D eigenvalue weighted by Gasteiger charge is 2.30. The van der Waals surface area contributed by atoms with Crippen LogP contribution in [0.2, 0.25) is 0 Å². The van der Waals surface area contributed by atoms with Crippen molar-refractivity contribution in [3.63, 3.8) is 0 Å². The van der Waals surface area contributed by atoms with Crippen LogP contribution in [0.3, 0.4) is 0 Å². The van der Waals surface area contributed by atoms with Crippen molar-refractivity contribution < 1.29 is 23.9 Å². The van der Waals surface area contributed by atoms with E-state index in [1.165, 1.54) is 0 Å². The van der Waals surface area contributed by atoms with Gasteiger partial charge in [-0.05, 0) is 38.8 Å². The average Bonchev–Trinajstić information content (AvgIpc) is 2.67. The first-order chi connectivity index (χ1) is 14.0. The van der Waals surface area contributed by atoms with Crippen LogP contribution in [0, 0.1) is 0 Å². The fourth-order valence-corrected chi connectivity index (χ4v) is 3.13. The van der Waals surface area contributed by atoms with Gasteiger partial charge in [0, 0.05) is 11.4 Å². The Balaban J connectivity index is 1.65. The van der Waals surface area contributed by atoms with Crippen LogP contribution in [-0.2, 0) is 14.3 Å². The van der Waals surface area contributed by atoms with Crippen molar-refractivity contribution in [1.82, 2.24) is 10.6 Å². The molecular formula is C21H29N3O5. The van der Waals surface area contributed by atoms with E-state index in [2.05, 4.69) is 16.0 Å². The molecule has 0 aliphatic carbocycles. The first-order valence-corrected chi connectivity index (χ1v) is 9.95. The number of allylic oxidation sites excluding steroid dienone is 1. The van der Waals surface area contributed by atoms with E-state index in [9.17, 15) is 14.4 Å². The summed E-state index contributed by atoms with van der Waals surface area (Å²) in [6, 6.07) is 8.48. The Hall–Kier alpha value is -3.03. The third-order valence-electron chi connectivity index (χ3n) is 4.49. The van der Waals surface area contributed by atoms with E-state index in [-0.39, 0.29) is 18.7 Å². The number of carbonyl (C=O) groups is 3. The number of ether oxygens (including phenoxy) is 2. The molecule has 8 heteroatoms. The molecule has 1 aromatic carbocycles. The number of esters is 1. The second-order valence-corrected chi connectivity index (χ2v) is 6.74. The van der Waals surface area contributed by atoms with Crippen LogP contribution in [0.25, 0.3) is 0 Å². The van der Waals surface area contributed by atoms with Gasteiger partial charge in [-0.3, -0.25) is 5.32 Å². The van der Waals surface area contributed by atoms with Crippen molar-refractivity contribution in [1.29, 1.82) is 0 Å². The van der Waals surface area contributed by atoms with Gasteiger partial charge in [-0.25, -0.2) is 14.4 Å². The predicted molar refractivity (Wildman–Crippen MR) is 109 cm³/mol. The molecule has 1 aromatic rings. The Morgan fingerprint density at radius 1 is 1.07 bits per heavy atom. The second kappa shape index (κ2) is 11.7. The third kappa shape index (κ3) is 7.48. The van der Waals surface area contributed by atoms with E-state index in [1.54, 1.807) is 26.0 Å². The molecule has 3 N–H and O–H groups in total. The molecule has 8 nitrogen and oxygen atoms in total. The smallest absolute Gasteiger partial charge is 0.411 e. The van der Waals surface area contributed by atoms with Gasteiger partial charge in [-0.15, -0.1) is 0 Å². The molecule has 1 unspecified atom stereocenters. The van der Waals surface area contributed by atoms with Crippen LogP contribution in [0.5, 0.6) is 0 Å². The zero-order valence-corrected chi connectivity index (χ0v) is 17.0. The van der Waals surface area contributed by atoms with Gasteiger partial charge in [-0.1, -0.05) is 37.5 Å². The SMILES string of the molecule is CCOC(=O)C1=C(C)NC(=O)NC1CCCCCCOC(=O)Nc1ccccc1. The van der Waals surface area contributed by atoms with Gasteiger partial charge in [0.25, 0.3) is 0 Å². The number of nitrogens with one attached hydrogen (secondary N) is 3. The molecule has 0 radical (unpaired) electrons. The molecule has 0 bridgehead atoms. The van der Waals surface area contributed by atoms with Crippen LogP contribution in [0.1, 0.15) is 46.0 Å². The van der Waals surface area contributed by atoms with Crippen molar-refractivity contribution in [3.05, 3.63) is 41.6 Å². The van der Waals surface area contributed by atoms with E-state index in [0.717, 1.165) is 25.7 Å². The number of carbonyl (C=O) groups excluding carboxylic acids is 3. The molecular weight excluding hydrogens is 374 g/mol. The van der Waals surface area contributed by atoms with E-state index in [4.69, 9.17) is 9.47 Å². The number of rotatable bonds is 10. The first-order valence-electron chi connectivity index (χ1n) is 9.95. The molecule has 1 aliphatic rings. The van der Waals surface area contributed by atoms with Gasteiger partial charge >= 0.3 is 18.1 Å². The Morgan fingerprint density at radius 3 is 2.52 bits per heavy atom. The minimum atomic E-state index is -0.465. The molecule has 0 saturated carbocycles. The maximum absolute atomic E-state index is 12.2. The lowest BCUT2D eigenvalue weighted by atomic mass is 9.97. The summed E-state index contributed by atoms with van der Waals surface area (Å²) in [5.41, 5.74) is 1.71. The Morgan fingerprint density at radius 2 is 1.79 bits per heavy atom. The maximum atomic E-state index is 12.2. The molecule has 0 fully saturated rings. The van der Waals surface area contributed by atoms with E-state index in [1.807, 2.05) is 18.2 Å². The van der Waals surface area contributed by atoms with Gasteiger partial charge in [0.15, 0.2) is 0 Å². The molecule has 158 valence electrons. The lowest BCUT2D eigenvalue weighted by Crippen LogP contribution is -2.49. The lowest BCUT2D eigenvalue weighted by Gasteiger charge is -2.27. The first kappa shape index (κ1) is 22.3. The second-order valence-electron chi connectivity index (χ2n) is 6.74. The summed E-state index contributed by atoms with van der Waals surface area (Å²) in [5, 5.41) is 8.07. The van der Waals surface area contributed by atoms with Gasteiger partial charge in [-0.2, -0.15) is 0 Å². The largest absolute Gasteiger partial charge is 0.463 e. The molecule has 2 rings (SSSR count). The van der Waals surface area contributed by atoms with E-state index in [0.29, 0.717) is 30.0 Å².